The molecule has 0 spiro atoms. The highest BCUT2D eigenvalue weighted by Crippen LogP contribution is 2.45. The quantitative estimate of drug-likeness (QED) is 0.169. The number of fused-ring (bicyclic) bond motifs is 6. The molecule has 56 heavy (non-hydrogen) atoms. The van der Waals surface area contributed by atoms with E-state index in [1.54, 1.807) is 0 Å². The van der Waals surface area contributed by atoms with Crippen LogP contribution in [0.25, 0.3) is 108 Å². The molecular weight excluding hydrogens is 723 g/mol. The van der Waals surface area contributed by atoms with Crippen LogP contribution in [0.4, 0.5) is 0 Å². The summed E-state index contributed by atoms with van der Waals surface area (Å²) >= 11 is 3.71. The van der Waals surface area contributed by atoms with Crippen molar-refractivity contribution in [3.63, 3.8) is 0 Å². The number of rotatable bonds is 6. The molecule has 0 aliphatic carbocycles. The molecule has 11 rings (SSSR count). The van der Waals surface area contributed by atoms with E-state index in [1.165, 1.54) is 64.1 Å². The zero-order valence-electron chi connectivity index (χ0n) is 29.8. The first kappa shape index (κ1) is 32.5. The van der Waals surface area contributed by atoms with E-state index >= 15 is 0 Å². The lowest BCUT2D eigenvalue weighted by Crippen LogP contribution is -1.97. The Labute approximate surface area is 330 Å². The Bertz CT molecular complexity index is 3110. The normalized spacial score (nSPS) is 11.6. The largest absolute Gasteiger partial charge is 0.228 e. The number of benzene rings is 7. The third-order valence-corrected chi connectivity index (χ3v) is 12.8. The summed E-state index contributed by atoms with van der Waals surface area (Å²) in [5, 5.41) is 5.13. The number of thiophene rings is 2. The predicted molar refractivity (Wildman–Crippen MR) is 234 cm³/mol. The van der Waals surface area contributed by atoms with Crippen molar-refractivity contribution in [2.24, 2.45) is 0 Å². The average Bonchev–Trinajstić information content (AvgIpc) is 3.86. The highest BCUT2D eigenvalue weighted by atomic mass is 32.1. The highest BCUT2D eigenvalue weighted by molar-refractivity contribution is 7.26. The van der Waals surface area contributed by atoms with Crippen LogP contribution in [0.3, 0.4) is 0 Å². The molecule has 0 N–H and O–H groups in total. The molecule has 0 radical (unpaired) electrons. The zero-order chi connectivity index (χ0) is 37.0. The first-order valence-electron chi connectivity index (χ1n) is 18.4. The van der Waals surface area contributed by atoms with Crippen molar-refractivity contribution < 1.29 is 0 Å². The maximum absolute atomic E-state index is 5.32. The fourth-order valence-electron chi connectivity index (χ4n) is 7.67. The van der Waals surface area contributed by atoms with Gasteiger partial charge in [-0.15, -0.1) is 22.7 Å². The van der Waals surface area contributed by atoms with E-state index < -0.39 is 0 Å². The van der Waals surface area contributed by atoms with Crippen LogP contribution in [-0.4, -0.2) is 24.9 Å². The van der Waals surface area contributed by atoms with Crippen molar-refractivity contribution in [2.45, 2.75) is 0 Å². The third-order valence-electron chi connectivity index (χ3n) is 10.3. The molecular formula is C49H29N5S2. The molecule has 0 saturated carbocycles. The van der Waals surface area contributed by atoms with E-state index in [0.717, 1.165) is 44.8 Å². The lowest BCUT2D eigenvalue weighted by molar-refractivity contribution is 1.06. The Kier molecular flexibility index (Phi) is 7.79. The molecule has 0 amide bonds. The fraction of sp³-hybridized carbons (Fsp3) is 0. The SMILES string of the molecule is c1ccc(-c2cc(-c3cc(-c4cccc5c4sc4ccccc45)cc(-c4cccc5c4sc4ccccc45)c3)nc(-c3ccc(-c4ncncn4)cc3)n2)cc1. The van der Waals surface area contributed by atoms with Crippen molar-refractivity contribution in [1.29, 1.82) is 0 Å². The molecule has 0 unspecified atom stereocenters. The van der Waals surface area contributed by atoms with Crippen LogP contribution in [0.5, 0.6) is 0 Å². The number of hydrogen-bond donors (Lipinski definition) is 0. The molecule has 5 nitrogen and oxygen atoms in total. The number of hydrogen-bond acceptors (Lipinski definition) is 7. The van der Waals surface area contributed by atoms with Gasteiger partial charge in [-0.25, -0.2) is 24.9 Å². The Morgan fingerprint density at radius 1 is 0.339 bits per heavy atom. The highest BCUT2D eigenvalue weighted by Gasteiger charge is 2.18. The van der Waals surface area contributed by atoms with E-state index in [0.29, 0.717) is 11.6 Å². The van der Waals surface area contributed by atoms with E-state index in [9.17, 15) is 0 Å². The maximum Gasteiger partial charge on any atom is 0.162 e. The monoisotopic (exact) mass is 751 g/mol. The molecule has 0 aliphatic rings. The van der Waals surface area contributed by atoms with Crippen LogP contribution in [0.1, 0.15) is 0 Å². The first-order valence-corrected chi connectivity index (χ1v) is 20.0. The molecule has 0 fully saturated rings. The predicted octanol–water partition coefficient (Wildman–Crippen LogP) is 13.4. The molecule has 262 valence electrons. The van der Waals surface area contributed by atoms with E-state index in [1.807, 2.05) is 53.0 Å². The van der Waals surface area contributed by atoms with Crippen LogP contribution in [0.2, 0.25) is 0 Å². The van der Waals surface area contributed by atoms with Gasteiger partial charge >= 0.3 is 0 Å². The Morgan fingerprint density at radius 3 is 1.41 bits per heavy atom. The molecule has 4 aromatic heterocycles. The topological polar surface area (TPSA) is 64.5 Å². The van der Waals surface area contributed by atoms with Crippen molar-refractivity contribution in [3.05, 3.63) is 176 Å². The summed E-state index contributed by atoms with van der Waals surface area (Å²) in [7, 11) is 0. The summed E-state index contributed by atoms with van der Waals surface area (Å²) in [5.41, 5.74) is 10.3. The van der Waals surface area contributed by atoms with E-state index in [2.05, 4.69) is 148 Å². The lowest BCUT2D eigenvalue weighted by atomic mass is 9.93. The second-order valence-electron chi connectivity index (χ2n) is 13.7. The Hall–Kier alpha value is -6.93. The van der Waals surface area contributed by atoms with Gasteiger partial charge in [0.2, 0.25) is 0 Å². The standard InChI is InChI=1S/C49H29N5S2/c1-2-10-30(11-3-1)42-27-43(54-49(53-42)32-22-20-31(21-23-32)48-51-28-50-29-52-48)35-25-33(36-14-8-16-40-38-12-4-6-18-44(38)55-46(36)40)24-34(26-35)37-15-9-17-41-39-13-5-7-19-45(39)56-47(37)41/h1-29H. The van der Waals surface area contributed by atoms with Crippen LogP contribution < -0.4 is 0 Å². The van der Waals surface area contributed by atoms with Gasteiger partial charge in [0.15, 0.2) is 11.6 Å². The Balaban J connectivity index is 1.15. The minimum atomic E-state index is 0.623. The molecule has 0 bridgehead atoms. The summed E-state index contributed by atoms with van der Waals surface area (Å²) < 4.78 is 5.14. The van der Waals surface area contributed by atoms with Gasteiger partial charge in [-0.1, -0.05) is 127 Å². The molecule has 0 aliphatic heterocycles. The smallest absolute Gasteiger partial charge is 0.162 e. The van der Waals surface area contributed by atoms with Gasteiger partial charge in [0.05, 0.1) is 11.4 Å². The summed E-state index contributed by atoms with van der Waals surface area (Å²) in [5.74, 6) is 1.27. The Morgan fingerprint density at radius 2 is 0.821 bits per heavy atom. The summed E-state index contributed by atoms with van der Waals surface area (Å²) in [6.45, 7) is 0. The van der Waals surface area contributed by atoms with Gasteiger partial charge in [-0.3, -0.25) is 0 Å². The summed E-state index contributed by atoms with van der Waals surface area (Å²) in [4.78, 5) is 23.1. The molecule has 4 heterocycles. The third kappa shape index (κ3) is 5.64. The van der Waals surface area contributed by atoms with E-state index in [-0.39, 0.29) is 0 Å². The lowest BCUT2D eigenvalue weighted by Gasteiger charge is -2.14. The van der Waals surface area contributed by atoms with Crippen molar-refractivity contribution >= 4 is 63.0 Å². The minimum absolute atomic E-state index is 0.623. The van der Waals surface area contributed by atoms with Gasteiger partial charge in [-0.05, 0) is 58.7 Å². The summed E-state index contributed by atoms with van der Waals surface area (Å²) in [6, 6.07) is 58.3. The second-order valence-corrected chi connectivity index (χ2v) is 15.8. The first-order chi connectivity index (χ1) is 27.7. The number of aromatic nitrogens is 5. The van der Waals surface area contributed by atoms with Crippen molar-refractivity contribution in [3.8, 4) is 67.5 Å². The minimum Gasteiger partial charge on any atom is -0.228 e. The van der Waals surface area contributed by atoms with E-state index in [4.69, 9.17) is 9.97 Å². The fourth-order valence-corrected chi connectivity index (χ4v) is 10.1. The van der Waals surface area contributed by atoms with Crippen molar-refractivity contribution in [1.82, 2.24) is 24.9 Å². The van der Waals surface area contributed by atoms with Crippen LogP contribution in [-0.2, 0) is 0 Å². The maximum atomic E-state index is 5.32. The van der Waals surface area contributed by atoms with Gasteiger partial charge in [0.1, 0.15) is 12.7 Å². The van der Waals surface area contributed by atoms with Crippen LogP contribution in [0.15, 0.2) is 176 Å². The molecule has 0 atom stereocenters. The van der Waals surface area contributed by atoms with Gasteiger partial charge < -0.3 is 0 Å². The van der Waals surface area contributed by atoms with Crippen molar-refractivity contribution in [2.75, 3.05) is 0 Å². The van der Waals surface area contributed by atoms with Gasteiger partial charge in [0.25, 0.3) is 0 Å². The van der Waals surface area contributed by atoms with Crippen LogP contribution in [0, 0.1) is 0 Å². The summed E-state index contributed by atoms with van der Waals surface area (Å²) in [6.07, 6.45) is 3.03. The molecule has 0 saturated heterocycles. The molecule has 7 heteroatoms. The van der Waals surface area contributed by atoms with Gasteiger partial charge in [0, 0.05) is 62.6 Å². The molecule has 11 aromatic rings. The zero-order valence-corrected chi connectivity index (χ0v) is 31.4. The number of nitrogens with zero attached hydrogens (tertiary/aromatic N) is 5. The second kappa shape index (κ2) is 13.4. The van der Waals surface area contributed by atoms with Crippen LogP contribution >= 0.6 is 22.7 Å². The molecule has 7 aromatic carbocycles. The van der Waals surface area contributed by atoms with Gasteiger partial charge in [-0.2, -0.15) is 0 Å². The average molecular weight is 752 g/mol.